The van der Waals surface area contributed by atoms with Gasteiger partial charge in [-0.05, 0) is 52.2 Å². The van der Waals surface area contributed by atoms with E-state index in [2.05, 4.69) is 31.0 Å². The molecule has 0 aromatic carbocycles. The lowest BCUT2D eigenvalue weighted by atomic mass is 9.90. The van der Waals surface area contributed by atoms with E-state index in [0.29, 0.717) is 12.1 Å². The van der Waals surface area contributed by atoms with Crippen molar-refractivity contribution in [1.82, 2.24) is 10.2 Å². The Morgan fingerprint density at radius 2 is 1.94 bits per heavy atom. The molecule has 0 bridgehead atoms. The summed E-state index contributed by atoms with van der Waals surface area (Å²) in [5.41, 5.74) is 0. The molecule has 3 unspecified atom stereocenters. The van der Waals surface area contributed by atoms with E-state index in [9.17, 15) is 4.21 Å². The van der Waals surface area contributed by atoms with Crippen LogP contribution < -0.4 is 5.32 Å². The van der Waals surface area contributed by atoms with Gasteiger partial charge in [0.05, 0.1) is 0 Å². The molecule has 0 aromatic rings. The summed E-state index contributed by atoms with van der Waals surface area (Å²) in [5, 5.41) is 3.60. The average molecular weight is 260 g/mol. The molecular formula is C13H28N2OS. The van der Waals surface area contributed by atoms with Crippen molar-refractivity contribution < 1.29 is 4.21 Å². The Hall–Kier alpha value is 0.0700. The second-order valence-electron chi connectivity index (χ2n) is 5.37. The summed E-state index contributed by atoms with van der Waals surface area (Å²) in [6, 6.07) is 0.910. The van der Waals surface area contributed by atoms with E-state index in [1.54, 1.807) is 6.26 Å². The number of rotatable bonds is 6. The molecule has 3 nitrogen and oxygen atoms in total. The Morgan fingerprint density at radius 3 is 2.41 bits per heavy atom. The molecule has 1 N–H and O–H groups in total. The second-order valence-corrected chi connectivity index (χ2v) is 6.85. The lowest BCUT2D eigenvalue weighted by Gasteiger charge is -2.35. The molecule has 3 atom stereocenters. The molecule has 0 saturated carbocycles. The Balaban J connectivity index is 2.28. The van der Waals surface area contributed by atoms with E-state index in [-0.39, 0.29) is 0 Å². The van der Waals surface area contributed by atoms with Crippen LogP contribution in [0.5, 0.6) is 0 Å². The van der Waals surface area contributed by atoms with Gasteiger partial charge in [-0.2, -0.15) is 0 Å². The highest BCUT2D eigenvalue weighted by atomic mass is 32.2. The number of likely N-dealkylation sites (tertiary alicyclic amines) is 1. The first-order valence-corrected chi connectivity index (χ1v) is 8.54. The lowest BCUT2D eigenvalue weighted by Crippen LogP contribution is -2.45. The van der Waals surface area contributed by atoms with Crippen LogP contribution in [0.3, 0.4) is 0 Å². The molecule has 0 aliphatic carbocycles. The van der Waals surface area contributed by atoms with Crippen LogP contribution in [-0.4, -0.2) is 52.8 Å². The first-order valence-electron chi connectivity index (χ1n) is 6.81. The Morgan fingerprint density at radius 1 is 1.35 bits per heavy atom. The Labute approximate surface area is 109 Å². The molecule has 0 aromatic heterocycles. The fourth-order valence-corrected chi connectivity index (χ4v) is 3.55. The standard InChI is InChI=1S/C13H28N2OS/c1-5-15-8-6-13(7-9-15)12(3)14-11(2)10-17(4)16/h11-14H,5-10H2,1-4H3. The van der Waals surface area contributed by atoms with Gasteiger partial charge in [-0.3, -0.25) is 4.21 Å². The molecule has 0 spiro atoms. The summed E-state index contributed by atoms with van der Waals surface area (Å²) in [4.78, 5) is 2.52. The van der Waals surface area contributed by atoms with E-state index in [1.165, 1.54) is 32.5 Å². The highest BCUT2D eigenvalue weighted by Crippen LogP contribution is 2.20. The van der Waals surface area contributed by atoms with Gasteiger partial charge >= 0.3 is 0 Å². The van der Waals surface area contributed by atoms with E-state index >= 15 is 0 Å². The average Bonchev–Trinajstić information content (AvgIpc) is 2.28. The maximum Gasteiger partial charge on any atom is 0.0383 e. The molecule has 17 heavy (non-hydrogen) atoms. The van der Waals surface area contributed by atoms with Crippen LogP contribution in [0.25, 0.3) is 0 Å². The molecule has 0 radical (unpaired) electrons. The maximum atomic E-state index is 11.2. The fourth-order valence-electron chi connectivity index (χ4n) is 2.75. The topological polar surface area (TPSA) is 32.3 Å². The molecule has 0 amide bonds. The molecule has 102 valence electrons. The van der Waals surface area contributed by atoms with Crippen LogP contribution in [0.4, 0.5) is 0 Å². The minimum atomic E-state index is -0.695. The van der Waals surface area contributed by atoms with Gasteiger partial charge in [0.1, 0.15) is 0 Å². The van der Waals surface area contributed by atoms with Crippen molar-refractivity contribution in [2.75, 3.05) is 31.6 Å². The molecule has 1 rings (SSSR count). The number of nitrogens with zero attached hydrogens (tertiary/aromatic N) is 1. The van der Waals surface area contributed by atoms with E-state index in [4.69, 9.17) is 0 Å². The van der Waals surface area contributed by atoms with Crippen molar-refractivity contribution >= 4 is 10.8 Å². The zero-order valence-electron chi connectivity index (χ0n) is 11.7. The highest BCUT2D eigenvalue weighted by molar-refractivity contribution is 7.84. The monoisotopic (exact) mass is 260 g/mol. The minimum absolute atomic E-state index is 0.361. The maximum absolute atomic E-state index is 11.2. The molecule has 1 aliphatic heterocycles. The number of nitrogens with one attached hydrogen (secondary N) is 1. The normalized spacial score (nSPS) is 24.5. The van der Waals surface area contributed by atoms with Gasteiger partial charge in [0.25, 0.3) is 0 Å². The third kappa shape index (κ3) is 5.49. The number of hydrogen-bond donors (Lipinski definition) is 1. The number of piperidine rings is 1. The van der Waals surface area contributed by atoms with Gasteiger partial charge in [0, 0.05) is 34.9 Å². The molecule has 1 fully saturated rings. The predicted octanol–water partition coefficient (Wildman–Crippen LogP) is 1.46. The third-order valence-corrected chi connectivity index (χ3v) is 4.79. The largest absolute Gasteiger partial charge is 0.311 e. The summed E-state index contributed by atoms with van der Waals surface area (Å²) >= 11 is 0. The van der Waals surface area contributed by atoms with Crippen LogP contribution in [0.15, 0.2) is 0 Å². The van der Waals surface area contributed by atoms with Gasteiger partial charge in [0.15, 0.2) is 0 Å². The quantitative estimate of drug-likeness (QED) is 0.785. The predicted molar refractivity (Wildman–Crippen MR) is 75.8 cm³/mol. The Bertz CT molecular complexity index is 240. The van der Waals surface area contributed by atoms with E-state index in [1.807, 2.05) is 0 Å². The Kier molecular flexibility index (Phi) is 6.67. The van der Waals surface area contributed by atoms with Gasteiger partial charge in [-0.15, -0.1) is 0 Å². The summed E-state index contributed by atoms with van der Waals surface area (Å²) in [5.74, 6) is 1.54. The van der Waals surface area contributed by atoms with Crippen LogP contribution in [0.2, 0.25) is 0 Å². The van der Waals surface area contributed by atoms with E-state index < -0.39 is 10.8 Å². The SMILES string of the molecule is CCN1CCC(C(C)NC(C)CS(C)=O)CC1. The zero-order valence-corrected chi connectivity index (χ0v) is 12.6. The highest BCUT2D eigenvalue weighted by Gasteiger charge is 2.23. The summed E-state index contributed by atoms with van der Waals surface area (Å²) in [6.07, 6.45) is 4.37. The molecule has 1 saturated heterocycles. The lowest BCUT2D eigenvalue weighted by molar-refractivity contribution is 0.166. The van der Waals surface area contributed by atoms with Gasteiger partial charge < -0.3 is 10.2 Å². The molecular weight excluding hydrogens is 232 g/mol. The van der Waals surface area contributed by atoms with Crippen molar-refractivity contribution in [2.45, 2.75) is 45.7 Å². The van der Waals surface area contributed by atoms with Crippen LogP contribution in [0, 0.1) is 5.92 Å². The van der Waals surface area contributed by atoms with Crippen molar-refractivity contribution in [3.63, 3.8) is 0 Å². The first kappa shape index (κ1) is 15.1. The summed E-state index contributed by atoms with van der Waals surface area (Å²) < 4.78 is 11.2. The second kappa shape index (κ2) is 7.49. The van der Waals surface area contributed by atoms with Crippen LogP contribution in [0.1, 0.15) is 33.6 Å². The molecule has 4 heteroatoms. The van der Waals surface area contributed by atoms with Crippen molar-refractivity contribution in [2.24, 2.45) is 5.92 Å². The van der Waals surface area contributed by atoms with Gasteiger partial charge in [-0.25, -0.2) is 0 Å². The van der Waals surface area contributed by atoms with Crippen LogP contribution >= 0.6 is 0 Å². The smallest absolute Gasteiger partial charge is 0.0383 e. The minimum Gasteiger partial charge on any atom is -0.311 e. The van der Waals surface area contributed by atoms with Crippen molar-refractivity contribution in [1.29, 1.82) is 0 Å². The number of hydrogen-bond acceptors (Lipinski definition) is 3. The fraction of sp³-hybridized carbons (Fsp3) is 1.00. The molecule has 1 heterocycles. The van der Waals surface area contributed by atoms with Gasteiger partial charge in [-0.1, -0.05) is 6.92 Å². The first-order chi connectivity index (χ1) is 8.02. The van der Waals surface area contributed by atoms with Crippen molar-refractivity contribution in [3.8, 4) is 0 Å². The zero-order chi connectivity index (χ0) is 12.8. The van der Waals surface area contributed by atoms with Crippen molar-refractivity contribution in [3.05, 3.63) is 0 Å². The van der Waals surface area contributed by atoms with Gasteiger partial charge in [0.2, 0.25) is 0 Å². The summed E-state index contributed by atoms with van der Waals surface area (Å²) in [7, 11) is -0.695. The van der Waals surface area contributed by atoms with E-state index in [0.717, 1.165) is 11.7 Å². The third-order valence-electron chi connectivity index (χ3n) is 3.82. The van der Waals surface area contributed by atoms with Crippen LogP contribution in [-0.2, 0) is 10.8 Å². The summed E-state index contributed by atoms with van der Waals surface area (Å²) in [6.45, 7) is 10.3. The molecule has 1 aliphatic rings.